The quantitative estimate of drug-likeness (QED) is 0.640. The fourth-order valence-corrected chi connectivity index (χ4v) is 1.22. The molecule has 4 N–H and O–H groups in total. The SMILES string of the molecule is CNc1cnc(C(=O)NC(C)CC(N)=O)cn1. The zero-order chi connectivity index (χ0) is 12.8. The highest BCUT2D eigenvalue weighted by molar-refractivity contribution is 5.92. The number of amides is 2. The number of nitrogens with zero attached hydrogens (tertiary/aromatic N) is 2. The monoisotopic (exact) mass is 237 g/mol. The Morgan fingerprint density at radius 3 is 2.59 bits per heavy atom. The number of primary amides is 1. The maximum Gasteiger partial charge on any atom is 0.271 e. The molecule has 0 saturated heterocycles. The number of carbonyl (C=O) groups excluding carboxylic acids is 2. The standard InChI is InChI=1S/C10H15N5O2/c1-6(3-8(11)16)15-10(17)7-4-14-9(12-2)5-13-7/h4-6H,3H2,1-2H3,(H2,11,16)(H,12,14)(H,15,17). The van der Waals surface area contributed by atoms with E-state index in [2.05, 4.69) is 20.6 Å². The van der Waals surface area contributed by atoms with Gasteiger partial charge in [0.15, 0.2) is 0 Å². The van der Waals surface area contributed by atoms with E-state index in [0.29, 0.717) is 5.82 Å². The number of nitrogens with one attached hydrogen (secondary N) is 2. The molecule has 2 amide bonds. The van der Waals surface area contributed by atoms with Gasteiger partial charge in [-0.1, -0.05) is 0 Å². The Hall–Kier alpha value is -2.18. The number of hydrogen-bond acceptors (Lipinski definition) is 5. The normalized spacial score (nSPS) is 11.6. The summed E-state index contributed by atoms with van der Waals surface area (Å²) in [5, 5.41) is 5.40. The summed E-state index contributed by atoms with van der Waals surface area (Å²) in [6.07, 6.45) is 2.90. The molecule has 0 aromatic carbocycles. The van der Waals surface area contributed by atoms with Crippen molar-refractivity contribution >= 4 is 17.6 Å². The zero-order valence-electron chi connectivity index (χ0n) is 9.73. The van der Waals surface area contributed by atoms with E-state index in [9.17, 15) is 9.59 Å². The van der Waals surface area contributed by atoms with Crippen LogP contribution in [-0.2, 0) is 4.79 Å². The van der Waals surface area contributed by atoms with E-state index in [1.165, 1.54) is 12.4 Å². The van der Waals surface area contributed by atoms with Crippen molar-refractivity contribution in [3.05, 3.63) is 18.1 Å². The Labute approximate surface area is 98.8 Å². The van der Waals surface area contributed by atoms with Gasteiger partial charge in [0, 0.05) is 19.5 Å². The van der Waals surface area contributed by atoms with Crippen molar-refractivity contribution in [2.75, 3.05) is 12.4 Å². The Balaban J connectivity index is 2.60. The van der Waals surface area contributed by atoms with Crippen molar-refractivity contribution in [1.82, 2.24) is 15.3 Å². The van der Waals surface area contributed by atoms with Crippen LogP contribution in [-0.4, -0.2) is 34.9 Å². The molecule has 92 valence electrons. The summed E-state index contributed by atoms with van der Waals surface area (Å²) in [6, 6.07) is -0.328. The van der Waals surface area contributed by atoms with Crippen LogP contribution in [0.1, 0.15) is 23.8 Å². The van der Waals surface area contributed by atoms with Crippen LogP contribution in [0.4, 0.5) is 5.82 Å². The minimum absolute atomic E-state index is 0.0910. The van der Waals surface area contributed by atoms with Crippen LogP contribution in [0.25, 0.3) is 0 Å². The van der Waals surface area contributed by atoms with Gasteiger partial charge in [-0.15, -0.1) is 0 Å². The van der Waals surface area contributed by atoms with E-state index in [-0.39, 0.29) is 24.1 Å². The van der Waals surface area contributed by atoms with E-state index in [1.807, 2.05) is 0 Å². The van der Waals surface area contributed by atoms with Crippen LogP contribution < -0.4 is 16.4 Å². The van der Waals surface area contributed by atoms with Crippen molar-refractivity contribution in [1.29, 1.82) is 0 Å². The summed E-state index contributed by atoms with van der Waals surface area (Å²) in [6.45, 7) is 1.69. The second-order valence-electron chi connectivity index (χ2n) is 3.58. The molecule has 1 rings (SSSR count). The topological polar surface area (TPSA) is 110 Å². The zero-order valence-corrected chi connectivity index (χ0v) is 9.73. The lowest BCUT2D eigenvalue weighted by atomic mass is 10.2. The summed E-state index contributed by atoms with van der Waals surface area (Å²) in [5.41, 5.74) is 5.21. The molecule has 7 nitrogen and oxygen atoms in total. The van der Waals surface area contributed by atoms with E-state index < -0.39 is 5.91 Å². The fourth-order valence-electron chi connectivity index (χ4n) is 1.22. The third-order valence-corrected chi connectivity index (χ3v) is 2.03. The summed E-state index contributed by atoms with van der Waals surface area (Å²) >= 11 is 0. The molecule has 1 aromatic heterocycles. The first-order chi connectivity index (χ1) is 8.02. The first-order valence-corrected chi connectivity index (χ1v) is 5.12. The van der Waals surface area contributed by atoms with Crippen LogP contribution >= 0.6 is 0 Å². The van der Waals surface area contributed by atoms with Crippen LogP contribution in [0.2, 0.25) is 0 Å². The Morgan fingerprint density at radius 1 is 1.41 bits per heavy atom. The maximum absolute atomic E-state index is 11.7. The highest BCUT2D eigenvalue weighted by Gasteiger charge is 2.12. The second kappa shape index (κ2) is 5.78. The van der Waals surface area contributed by atoms with Crippen molar-refractivity contribution in [2.45, 2.75) is 19.4 Å². The van der Waals surface area contributed by atoms with E-state index in [4.69, 9.17) is 5.73 Å². The number of nitrogens with two attached hydrogens (primary N) is 1. The molecule has 0 fully saturated rings. The largest absolute Gasteiger partial charge is 0.372 e. The predicted octanol–water partition coefficient (Wildman–Crippen LogP) is -0.488. The molecule has 1 unspecified atom stereocenters. The molecule has 7 heteroatoms. The molecule has 1 aromatic rings. The molecule has 17 heavy (non-hydrogen) atoms. The van der Waals surface area contributed by atoms with Gasteiger partial charge in [0.05, 0.1) is 12.4 Å². The number of rotatable bonds is 5. The van der Waals surface area contributed by atoms with Crippen molar-refractivity contribution in [3.8, 4) is 0 Å². The molecule has 0 bridgehead atoms. The molecule has 0 aliphatic rings. The first kappa shape index (κ1) is 12.9. The summed E-state index contributed by atoms with van der Waals surface area (Å²) < 4.78 is 0. The van der Waals surface area contributed by atoms with Gasteiger partial charge in [0.2, 0.25) is 5.91 Å². The molecule has 0 aliphatic carbocycles. The third kappa shape index (κ3) is 4.06. The average molecular weight is 237 g/mol. The van der Waals surface area contributed by atoms with Crippen molar-refractivity contribution < 1.29 is 9.59 Å². The molecule has 0 aliphatic heterocycles. The second-order valence-corrected chi connectivity index (χ2v) is 3.58. The number of hydrogen-bond donors (Lipinski definition) is 3. The Kier molecular flexibility index (Phi) is 4.38. The molecular weight excluding hydrogens is 222 g/mol. The van der Waals surface area contributed by atoms with Gasteiger partial charge in [-0.25, -0.2) is 9.97 Å². The van der Waals surface area contributed by atoms with Gasteiger partial charge in [-0.05, 0) is 6.92 Å². The van der Waals surface area contributed by atoms with E-state index in [0.717, 1.165) is 0 Å². The summed E-state index contributed by atoms with van der Waals surface area (Å²) in [5.74, 6) is -0.268. The minimum atomic E-state index is -0.464. The molecule has 0 spiro atoms. The smallest absolute Gasteiger partial charge is 0.271 e. The van der Waals surface area contributed by atoms with Crippen LogP contribution in [0.15, 0.2) is 12.4 Å². The van der Waals surface area contributed by atoms with Crippen LogP contribution in [0, 0.1) is 0 Å². The van der Waals surface area contributed by atoms with Gasteiger partial charge in [-0.3, -0.25) is 9.59 Å². The highest BCUT2D eigenvalue weighted by Crippen LogP contribution is 2.00. The Morgan fingerprint density at radius 2 is 2.12 bits per heavy atom. The minimum Gasteiger partial charge on any atom is -0.372 e. The summed E-state index contributed by atoms with van der Waals surface area (Å²) in [4.78, 5) is 30.2. The van der Waals surface area contributed by atoms with Gasteiger partial charge in [0.25, 0.3) is 5.91 Å². The maximum atomic E-state index is 11.7. The predicted molar refractivity (Wildman–Crippen MR) is 62.3 cm³/mol. The summed E-state index contributed by atoms with van der Waals surface area (Å²) in [7, 11) is 1.71. The lowest BCUT2D eigenvalue weighted by Crippen LogP contribution is -2.36. The van der Waals surface area contributed by atoms with Gasteiger partial charge in [-0.2, -0.15) is 0 Å². The third-order valence-electron chi connectivity index (χ3n) is 2.03. The lowest BCUT2D eigenvalue weighted by molar-refractivity contribution is -0.118. The van der Waals surface area contributed by atoms with Gasteiger partial charge >= 0.3 is 0 Å². The van der Waals surface area contributed by atoms with Crippen LogP contribution in [0.5, 0.6) is 0 Å². The molecule has 0 radical (unpaired) electrons. The molecule has 1 atom stereocenters. The molecular formula is C10H15N5O2. The van der Waals surface area contributed by atoms with Crippen LogP contribution in [0.3, 0.4) is 0 Å². The molecule has 0 saturated carbocycles. The number of carbonyl (C=O) groups is 2. The lowest BCUT2D eigenvalue weighted by Gasteiger charge is -2.11. The number of aromatic nitrogens is 2. The van der Waals surface area contributed by atoms with Crippen molar-refractivity contribution in [3.63, 3.8) is 0 Å². The highest BCUT2D eigenvalue weighted by atomic mass is 16.2. The number of anilines is 1. The van der Waals surface area contributed by atoms with Gasteiger partial charge in [0.1, 0.15) is 11.5 Å². The van der Waals surface area contributed by atoms with Crippen molar-refractivity contribution in [2.24, 2.45) is 5.73 Å². The Bertz CT molecular complexity index is 404. The van der Waals surface area contributed by atoms with Gasteiger partial charge < -0.3 is 16.4 Å². The molecule has 1 heterocycles. The van der Waals surface area contributed by atoms with E-state index >= 15 is 0 Å². The first-order valence-electron chi connectivity index (χ1n) is 5.12. The van der Waals surface area contributed by atoms with E-state index in [1.54, 1.807) is 14.0 Å². The average Bonchev–Trinajstić information content (AvgIpc) is 2.28. The fraction of sp³-hybridized carbons (Fsp3) is 0.400.